The summed E-state index contributed by atoms with van der Waals surface area (Å²) in [6.45, 7) is 4.22. The first kappa shape index (κ1) is 17.7. The van der Waals surface area contributed by atoms with Crippen LogP contribution in [0.3, 0.4) is 0 Å². The molecule has 0 saturated carbocycles. The zero-order chi connectivity index (χ0) is 17.5. The van der Waals surface area contributed by atoms with E-state index in [9.17, 15) is 13.6 Å². The van der Waals surface area contributed by atoms with Gasteiger partial charge in [0, 0.05) is 18.7 Å². The number of nitrogens with zero attached hydrogens (tertiary/aromatic N) is 1. The van der Waals surface area contributed by atoms with E-state index in [-0.39, 0.29) is 24.4 Å². The van der Waals surface area contributed by atoms with Gasteiger partial charge in [-0.3, -0.25) is 4.79 Å². The minimum absolute atomic E-state index is 0.220. The summed E-state index contributed by atoms with van der Waals surface area (Å²) in [7, 11) is 1.56. The highest BCUT2D eigenvalue weighted by Gasteiger charge is 2.18. The first-order valence-electron chi connectivity index (χ1n) is 7.49. The van der Waals surface area contributed by atoms with Crippen LogP contribution in [0.25, 0.3) is 0 Å². The number of hydrogen-bond donors (Lipinski definition) is 0. The van der Waals surface area contributed by atoms with Crippen molar-refractivity contribution in [3.8, 4) is 5.75 Å². The molecule has 2 rings (SSSR count). The minimum Gasteiger partial charge on any atom is -0.497 e. The third kappa shape index (κ3) is 4.41. The summed E-state index contributed by atoms with van der Waals surface area (Å²) >= 11 is 0. The predicted molar refractivity (Wildman–Crippen MR) is 88.7 cm³/mol. The van der Waals surface area contributed by atoms with Gasteiger partial charge in [-0.25, -0.2) is 8.78 Å². The fourth-order valence-electron chi connectivity index (χ4n) is 2.37. The van der Waals surface area contributed by atoms with E-state index < -0.39 is 11.6 Å². The Morgan fingerprint density at radius 3 is 2.50 bits per heavy atom. The third-order valence-electron chi connectivity index (χ3n) is 3.60. The average Bonchev–Trinajstić information content (AvgIpc) is 2.58. The molecule has 3 nitrogen and oxygen atoms in total. The SMILES string of the molecule is C=CCN(Cc1cccc(OC)c1)C(=O)Cc1c(F)cccc1F. The van der Waals surface area contributed by atoms with Gasteiger partial charge in [-0.15, -0.1) is 6.58 Å². The maximum atomic E-state index is 13.7. The Hall–Kier alpha value is -2.69. The van der Waals surface area contributed by atoms with Gasteiger partial charge in [0.05, 0.1) is 13.5 Å². The van der Waals surface area contributed by atoms with Gasteiger partial charge in [0.1, 0.15) is 17.4 Å². The molecule has 2 aromatic carbocycles. The van der Waals surface area contributed by atoms with Crippen molar-refractivity contribution >= 4 is 5.91 Å². The van der Waals surface area contributed by atoms with Crippen LogP contribution in [0.4, 0.5) is 8.78 Å². The smallest absolute Gasteiger partial charge is 0.227 e. The summed E-state index contributed by atoms with van der Waals surface area (Å²) < 4.78 is 32.6. The lowest BCUT2D eigenvalue weighted by molar-refractivity contribution is -0.130. The van der Waals surface area contributed by atoms with Gasteiger partial charge >= 0.3 is 0 Å². The van der Waals surface area contributed by atoms with Crippen molar-refractivity contribution in [1.29, 1.82) is 0 Å². The number of carbonyl (C=O) groups excluding carboxylic acids is 1. The van der Waals surface area contributed by atoms with Gasteiger partial charge < -0.3 is 9.64 Å². The molecule has 1 amide bonds. The summed E-state index contributed by atoms with van der Waals surface area (Å²) in [5.41, 5.74) is 0.640. The Labute approximate surface area is 140 Å². The minimum atomic E-state index is -0.719. The molecule has 0 atom stereocenters. The molecule has 0 unspecified atom stereocenters. The summed E-state index contributed by atoms with van der Waals surface area (Å²) in [5, 5.41) is 0. The fourth-order valence-corrected chi connectivity index (χ4v) is 2.37. The van der Waals surface area contributed by atoms with Gasteiger partial charge in [-0.2, -0.15) is 0 Å². The van der Waals surface area contributed by atoms with E-state index in [1.165, 1.54) is 11.0 Å². The van der Waals surface area contributed by atoms with Crippen molar-refractivity contribution in [2.45, 2.75) is 13.0 Å². The topological polar surface area (TPSA) is 29.5 Å². The molecule has 0 radical (unpaired) electrons. The Balaban J connectivity index is 2.17. The quantitative estimate of drug-likeness (QED) is 0.724. The zero-order valence-electron chi connectivity index (χ0n) is 13.5. The Morgan fingerprint density at radius 2 is 1.88 bits per heavy atom. The van der Waals surface area contributed by atoms with Gasteiger partial charge in [0.2, 0.25) is 5.91 Å². The predicted octanol–water partition coefficient (Wildman–Crippen LogP) is 3.73. The van der Waals surface area contributed by atoms with Crippen molar-refractivity contribution in [2.24, 2.45) is 0 Å². The molecule has 2 aromatic rings. The van der Waals surface area contributed by atoms with Gasteiger partial charge in [0.15, 0.2) is 0 Å². The summed E-state index contributed by atoms with van der Waals surface area (Å²) in [6, 6.07) is 10.9. The van der Waals surface area contributed by atoms with Gasteiger partial charge in [-0.05, 0) is 29.8 Å². The lowest BCUT2D eigenvalue weighted by Gasteiger charge is -2.22. The molecule has 0 N–H and O–H groups in total. The van der Waals surface area contributed by atoms with Crippen molar-refractivity contribution in [3.63, 3.8) is 0 Å². The van der Waals surface area contributed by atoms with Crippen LogP contribution in [0.2, 0.25) is 0 Å². The van der Waals surface area contributed by atoms with Crippen LogP contribution in [-0.2, 0) is 17.8 Å². The van der Waals surface area contributed by atoms with E-state index in [0.717, 1.165) is 17.7 Å². The van der Waals surface area contributed by atoms with Crippen molar-refractivity contribution in [1.82, 2.24) is 4.90 Å². The molecule has 24 heavy (non-hydrogen) atoms. The highest BCUT2D eigenvalue weighted by Crippen LogP contribution is 2.17. The first-order chi connectivity index (χ1) is 11.5. The van der Waals surface area contributed by atoms with E-state index in [2.05, 4.69) is 6.58 Å². The lowest BCUT2D eigenvalue weighted by Crippen LogP contribution is -2.32. The van der Waals surface area contributed by atoms with E-state index in [4.69, 9.17) is 4.74 Å². The number of carbonyl (C=O) groups is 1. The van der Waals surface area contributed by atoms with E-state index >= 15 is 0 Å². The highest BCUT2D eigenvalue weighted by molar-refractivity contribution is 5.79. The second-order valence-corrected chi connectivity index (χ2v) is 5.29. The molecule has 0 saturated heterocycles. The molecule has 5 heteroatoms. The van der Waals surface area contributed by atoms with E-state index in [1.807, 2.05) is 18.2 Å². The summed E-state index contributed by atoms with van der Waals surface area (Å²) in [4.78, 5) is 14.0. The number of rotatable bonds is 7. The fraction of sp³-hybridized carbons (Fsp3) is 0.211. The summed E-state index contributed by atoms with van der Waals surface area (Å²) in [5.74, 6) is -1.13. The van der Waals surface area contributed by atoms with Crippen LogP contribution >= 0.6 is 0 Å². The van der Waals surface area contributed by atoms with Crippen LogP contribution in [0, 0.1) is 11.6 Å². The van der Waals surface area contributed by atoms with Crippen LogP contribution < -0.4 is 4.74 Å². The Morgan fingerprint density at radius 1 is 1.21 bits per heavy atom. The number of hydrogen-bond acceptors (Lipinski definition) is 2. The lowest BCUT2D eigenvalue weighted by atomic mass is 10.1. The highest BCUT2D eigenvalue weighted by atomic mass is 19.1. The normalized spacial score (nSPS) is 10.3. The number of benzene rings is 2. The van der Waals surface area contributed by atoms with Crippen LogP contribution in [0.1, 0.15) is 11.1 Å². The second kappa shape index (κ2) is 8.24. The third-order valence-corrected chi connectivity index (χ3v) is 3.60. The monoisotopic (exact) mass is 331 g/mol. The second-order valence-electron chi connectivity index (χ2n) is 5.29. The molecule has 0 bridgehead atoms. The van der Waals surface area contributed by atoms with Crippen molar-refractivity contribution < 1.29 is 18.3 Å². The molecule has 0 fully saturated rings. The maximum absolute atomic E-state index is 13.7. The number of ether oxygens (including phenoxy) is 1. The molecular formula is C19H19F2NO2. The molecule has 0 aliphatic carbocycles. The zero-order valence-corrected chi connectivity index (χ0v) is 13.5. The molecule has 0 heterocycles. The molecule has 0 aliphatic heterocycles. The maximum Gasteiger partial charge on any atom is 0.227 e. The van der Waals surface area contributed by atoms with Crippen LogP contribution in [-0.4, -0.2) is 24.5 Å². The van der Waals surface area contributed by atoms with E-state index in [1.54, 1.807) is 19.3 Å². The molecule has 0 aromatic heterocycles. The number of halogens is 2. The molecule has 0 aliphatic rings. The average molecular weight is 331 g/mol. The molecule has 126 valence electrons. The Bertz CT molecular complexity index is 711. The van der Waals surface area contributed by atoms with Crippen LogP contribution in [0.15, 0.2) is 55.1 Å². The van der Waals surface area contributed by atoms with Crippen molar-refractivity contribution in [3.05, 3.63) is 77.9 Å². The molecular weight excluding hydrogens is 312 g/mol. The van der Waals surface area contributed by atoms with E-state index in [0.29, 0.717) is 12.3 Å². The first-order valence-corrected chi connectivity index (χ1v) is 7.49. The standard InChI is InChI=1S/C19H19F2NO2/c1-3-10-22(13-14-6-4-7-15(11-14)24-2)19(23)12-16-17(20)8-5-9-18(16)21/h3-9,11H,1,10,12-13H2,2H3. The Kier molecular flexibility index (Phi) is 6.07. The van der Waals surface area contributed by atoms with Gasteiger partial charge in [-0.1, -0.05) is 24.3 Å². The number of methoxy groups -OCH3 is 1. The van der Waals surface area contributed by atoms with Gasteiger partial charge in [0.25, 0.3) is 0 Å². The largest absolute Gasteiger partial charge is 0.497 e. The van der Waals surface area contributed by atoms with Crippen molar-refractivity contribution in [2.75, 3.05) is 13.7 Å². The number of amides is 1. The molecule has 0 spiro atoms. The van der Waals surface area contributed by atoms with Crippen LogP contribution in [0.5, 0.6) is 5.75 Å². The summed E-state index contributed by atoms with van der Waals surface area (Å²) in [6.07, 6.45) is 1.24.